The second kappa shape index (κ2) is 3.36. The lowest BCUT2D eigenvalue weighted by atomic mass is 10.4. The van der Waals surface area contributed by atoms with Crippen molar-refractivity contribution < 1.29 is 4.52 Å². The molecule has 2 heterocycles. The second-order valence-electron chi connectivity index (χ2n) is 2.56. The van der Waals surface area contributed by atoms with Gasteiger partial charge in [-0.05, 0) is 0 Å². The smallest absolute Gasteiger partial charge is 0.213 e. The third kappa shape index (κ3) is 1.57. The molecule has 0 aliphatic carbocycles. The van der Waals surface area contributed by atoms with E-state index >= 15 is 0 Å². The molecule has 0 saturated carbocycles. The van der Waals surface area contributed by atoms with Crippen LogP contribution in [0.1, 0.15) is 11.5 Å². The van der Waals surface area contributed by atoms with E-state index in [0.29, 0.717) is 18.9 Å². The van der Waals surface area contributed by atoms with Crippen LogP contribution in [0.15, 0.2) is 23.4 Å². The van der Waals surface area contributed by atoms with Gasteiger partial charge in [0.05, 0.1) is 18.6 Å². The van der Waals surface area contributed by atoms with E-state index in [-0.39, 0.29) is 0 Å². The number of nitrogens with two attached hydrogens (primary N) is 1. The highest BCUT2D eigenvalue weighted by atomic mass is 16.5. The van der Waals surface area contributed by atoms with Gasteiger partial charge in [-0.25, -0.2) is 4.98 Å². The summed E-state index contributed by atoms with van der Waals surface area (Å²) in [5, 5.41) is 3.69. The first-order valence-electron chi connectivity index (χ1n) is 3.84. The van der Waals surface area contributed by atoms with Gasteiger partial charge >= 0.3 is 0 Å². The first kappa shape index (κ1) is 7.93. The topological polar surface area (TPSA) is 82.8 Å². The van der Waals surface area contributed by atoms with Crippen LogP contribution in [0.3, 0.4) is 0 Å². The number of aromatic nitrogens is 4. The van der Waals surface area contributed by atoms with E-state index < -0.39 is 0 Å². The zero-order chi connectivity index (χ0) is 9.10. The van der Waals surface area contributed by atoms with Crippen molar-refractivity contribution in [2.24, 2.45) is 5.73 Å². The molecule has 0 amide bonds. The molecule has 13 heavy (non-hydrogen) atoms. The predicted octanol–water partition coefficient (Wildman–Crippen LogP) is -0.227. The third-order valence-electron chi connectivity index (χ3n) is 1.73. The molecular weight excluding hydrogens is 170 g/mol. The molecule has 0 unspecified atom stereocenters. The van der Waals surface area contributed by atoms with Gasteiger partial charge in [-0.1, -0.05) is 5.16 Å². The SMILES string of the molecule is NCc1cncn1Cc1ncon1. The predicted molar refractivity (Wildman–Crippen MR) is 43.5 cm³/mol. The van der Waals surface area contributed by atoms with Crippen LogP contribution in [0.2, 0.25) is 0 Å². The lowest BCUT2D eigenvalue weighted by Gasteiger charge is -2.01. The van der Waals surface area contributed by atoms with Gasteiger partial charge < -0.3 is 14.8 Å². The Kier molecular flexibility index (Phi) is 2.05. The van der Waals surface area contributed by atoms with E-state index in [1.807, 2.05) is 4.57 Å². The van der Waals surface area contributed by atoms with Crippen LogP contribution in [0.4, 0.5) is 0 Å². The summed E-state index contributed by atoms with van der Waals surface area (Å²) >= 11 is 0. The van der Waals surface area contributed by atoms with Gasteiger partial charge in [0.25, 0.3) is 0 Å². The van der Waals surface area contributed by atoms with Crippen molar-refractivity contribution in [3.05, 3.63) is 30.4 Å². The average Bonchev–Trinajstić information content (AvgIpc) is 2.76. The van der Waals surface area contributed by atoms with Crippen molar-refractivity contribution in [1.29, 1.82) is 0 Å². The lowest BCUT2D eigenvalue weighted by molar-refractivity contribution is 0.408. The minimum Gasteiger partial charge on any atom is -0.343 e. The van der Waals surface area contributed by atoms with Crippen LogP contribution >= 0.6 is 0 Å². The maximum atomic E-state index is 5.50. The maximum absolute atomic E-state index is 5.50. The summed E-state index contributed by atoms with van der Waals surface area (Å²) in [5.74, 6) is 0.618. The zero-order valence-electron chi connectivity index (χ0n) is 6.92. The molecule has 0 fully saturated rings. The highest BCUT2D eigenvalue weighted by Crippen LogP contribution is 2.00. The van der Waals surface area contributed by atoms with Gasteiger partial charge in [-0.15, -0.1) is 0 Å². The van der Waals surface area contributed by atoms with Crippen LogP contribution < -0.4 is 5.73 Å². The van der Waals surface area contributed by atoms with Crippen molar-refractivity contribution in [2.45, 2.75) is 13.1 Å². The van der Waals surface area contributed by atoms with E-state index in [0.717, 1.165) is 5.69 Å². The van der Waals surface area contributed by atoms with Crippen LogP contribution in [0, 0.1) is 0 Å². The molecule has 2 rings (SSSR count). The first-order valence-corrected chi connectivity index (χ1v) is 3.84. The molecular formula is C7H9N5O. The van der Waals surface area contributed by atoms with Gasteiger partial charge in [0.2, 0.25) is 6.39 Å². The normalized spacial score (nSPS) is 10.5. The van der Waals surface area contributed by atoms with Gasteiger partial charge in [-0.2, -0.15) is 4.98 Å². The summed E-state index contributed by atoms with van der Waals surface area (Å²) in [6.07, 6.45) is 4.72. The molecule has 0 aliphatic heterocycles. The van der Waals surface area contributed by atoms with E-state index in [2.05, 4.69) is 19.6 Å². The minimum atomic E-state index is 0.456. The molecule has 2 N–H and O–H groups in total. The summed E-state index contributed by atoms with van der Waals surface area (Å²) in [6, 6.07) is 0. The van der Waals surface area contributed by atoms with E-state index in [1.165, 1.54) is 6.39 Å². The Morgan fingerprint density at radius 1 is 1.54 bits per heavy atom. The fourth-order valence-corrected chi connectivity index (χ4v) is 1.07. The Morgan fingerprint density at radius 3 is 3.15 bits per heavy atom. The van der Waals surface area contributed by atoms with Crippen LogP contribution in [-0.2, 0) is 13.1 Å². The summed E-state index contributed by atoms with van der Waals surface area (Å²) in [7, 11) is 0. The highest BCUT2D eigenvalue weighted by molar-refractivity contribution is 4.99. The monoisotopic (exact) mass is 179 g/mol. The molecule has 0 radical (unpaired) electrons. The third-order valence-corrected chi connectivity index (χ3v) is 1.73. The van der Waals surface area contributed by atoms with Gasteiger partial charge in [-0.3, -0.25) is 0 Å². The summed E-state index contributed by atoms with van der Waals surface area (Å²) in [5.41, 5.74) is 6.45. The van der Waals surface area contributed by atoms with Crippen molar-refractivity contribution in [2.75, 3.05) is 0 Å². The summed E-state index contributed by atoms with van der Waals surface area (Å²) < 4.78 is 6.49. The van der Waals surface area contributed by atoms with Gasteiger partial charge in [0.1, 0.15) is 0 Å². The first-order chi connectivity index (χ1) is 6.40. The van der Waals surface area contributed by atoms with Gasteiger partial charge in [0, 0.05) is 12.7 Å². The Bertz CT molecular complexity index is 366. The average molecular weight is 179 g/mol. The standard InChI is InChI=1S/C7H9N5O/c8-1-6-2-9-4-12(6)3-7-10-5-13-11-7/h2,4-5H,1,3,8H2. The van der Waals surface area contributed by atoms with E-state index in [9.17, 15) is 0 Å². The minimum absolute atomic E-state index is 0.456. The van der Waals surface area contributed by atoms with Crippen molar-refractivity contribution in [3.63, 3.8) is 0 Å². The number of imidazole rings is 1. The Labute approximate surface area is 74.4 Å². The summed E-state index contributed by atoms with van der Waals surface area (Å²) in [4.78, 5) is 7.87. The maximum Gasteiger partial charge on any atom is 0.213 e. The van der Waals surface area contributed by atoms with Gasteiger partial charge in [0.15, 0.2) is 5.82 Å². The molecule has 6 nitrogen and oxygen atoms in total. The Balaban J connectivity index is 2.18. The molecule has 6 heteroatoms. The highest BCUT2D eigenvalue weighted by Gasteiger charge is 2.03. The van der Waals surface area contributed by atoms with E-state index in [1.54, 1.807) is 12.5 Å². The second-order valence-corrected chi connectivity index (χ2v) is 2.56. The molecule has 0 atom stereocenters. The fourth-order valence-electron chi connectivity index (χ4n) is 1.07. The van der Waals surface area contributed by atoms with Crippen LogP contribution in [0.5, 0.6) is 0 Å². The van der Waals surface area contributed by atoms with Crippen LogP contribution in [-0.4, -0.2) is 19.7 Å². The fraction of sp³-hybridized carbons (Fsp3) is 0.286. The molecule has 2 aromatic heterocycles. The van der Waals surface area contributed by atoms with Crippen molar-refractivity contribution >= 4 is 0 Å². The van der Waals surface area contributed by atoms with Crippen LogP contribution in [0.25, 0.3) is 0 Å². The molecule has 2 aromatic rings. The largest absolute Gasteiger partial charge is 0.343 e. The quantitative estimate of drug-likeness (QED) is 0.703. The van der Waals surface area contributed by atoms with E-state index in [4.69, 9.17) is 5.73 Å². The number of hydrogen-bond donors (Lipinski definition) is 1. The molecule has 68 valence electrons. The van der Waals surface area contributed by atoms with Crippen molar-refractivity contribution in [1.82, 2.24) is 19.7 Å². The zero-order valence-corrected chi connectivity index (χ0v) is 6.92. The molecule has 0 aromatic carbocycles. The Hall–Kier alpha value is -1.69. The molecule has 0 aliphatic rings. The molecule has 0 saturated heterocycles. The summed E-state index contributed by atoms with van der Waals surface area (Å²) in [6.45, 7) is 1.00. The number of rotatable bonds is 3. The molecule has 0 bridgehead atoms. The molecule has 0 spiro atoms. The van der Waals surface area contributed by atoms with Crippen molar-refractivity contribution in [3.8, 4) is 0 Å². The number of hydrogen-bond acceptors (Lipinski definition) is 5. The lowest BCUT2D eigenvalue weighted by Crippen LogP contribution is -2.08. The number of nitrogens with zero attached hydrogens (tertiary/aromatic N) is 4. The Morgan fingerprint density at radius 2 is 2.46 bits per heavy atom.